The van der Waals surface area contributed by atoms with Gasteiger partial charge < -0.3 is 20.6 Å². The summed E-state index contributed by atoms with van der Waals surface area (Å²) in [5.41, 5.74) is 1.95. The fraction of sp³-hybridized carbons (Fsp3) is 0.500. The van der Waals surface area contributed by atoms with Crippen molar-refractivity contribution in [2.75, 3.05) is 25.5 Å². The lowest BCUT2D eigenvalue weighted by Gasteiger charge is -2.38. The zero-order valence-corrected chi connectivity index (χ0v) is 16.8. The third-order valence-electron chi connectivity index (χ3n) is 6.68. The molecule has 0 aromatic heterocycles. The number of carbonyl (C=O) groups is 3. The Bertz CT molecular complexity index is 909. The number of nitrogens with one attached hydrogen (secondary N) is 2. The standard InChI is InChI=1S/C22H27N3O4/c1-3-13-9-17(13)22(21(28)29)10-16(19(26)23-2)20(27)25(12-22)11-14-5-4-6-18-15(14)7-8-24-18/h4-6,10,13,17,24H,3,7-9,11-12H2,1-2H3,(H,23,26)(H,28,29)/t13-,17-,22?/m1/s1. The Hall–Kier alpha value is -2.83. The maximum atomic E-state index is 13.1. The van der Waals surface area contributed by atoms with Crippen molar-refractivity contribution in [2.45, 2.75) is 32.7 Å². The number of carboxylic acids is 1. The summed E-state index contributed by atoms with van der Waals surface area (Å²) in [5.74, 6) is -1.63. The average Bonchev–Trinajstić information content (AvgIpc) is 3.36. The quantitative estimate of drug-likeness (QED) is 0.636. The number of benzene rings is 1. The molecule has 0 saturated heterocycles. The molecule has 7 heteroatoms. The van der Waals surface area contributed by atoms with Gasteiger partial charge >= 0.3 is 5.97 Å². The molecule has 1 saturated carbocycles. The number of carboxylic acid groups (broad SMARTS) is 1. The Balaban J connectivity index is 1.73. The van der Waals surface area contributed by atoms with Crippen molar-refractivity contribution >= 4 is 23.5 Å². The summed E-state index contributed by atoms with van der Waals surface area (Å²) in [7, 11) is 1.46. The molecule has 2 aliphatic heterocycles. The highest BCUT2D eigenvalue weighted by molar-refractivity contribution is 6.19. The molecule has 2 amide bonds. The lowest BCUT2D eigenvalue weighted by molar-refractivity contribution is -0.151. The summed E-state index contributed by atoms with van der Waals surface area (Å²) in [6, 6.07) is 5.93. The molecule has 3 aliphatic rings. The molecule has 0 bridgehead atoms. The number of hydrogen-bond donors (Lipinski definition) is 3. The number of anilines is 1. The zero-order valence-electron chi connectivity index (χ0n) is 16.8. The smallest absolute Gasteiger partial charge is 0.315 e. The van der Waals surface area contributed by atoms with Crippen molar-refractivity contribution < 1.29 is 19.5 Å². The highest BCUT2D eigenvalue weighted by Gasteiger charge is 2.58. The zero-order chi connectivity index (χ0) is 20.8. The van der Waals surface area contributed by atoms with Crippen LogP contribution in [0.4, 0.5) is 5.69 Å². The SMILES string of the molecule is CC[C@@H]1C[C@H]1C1(C(=O)O)C=C(C(=O)NC)C(=O)N(Cc2cccc3c2CCN3)C1. The van der Waals surface area contributed by atoms with Gasteiger partial charge in [0.15, 0.2) is 0 Å². The molecule has 2 heterocycles. The molecule has 3 N–H and O–H groups in total. The first-order valence-corrected chi connectivity index (χ1v) is 10.2. The second-order valence-electron chi connectivity index (χ2n) is 8.27. The lowest BCUT2D eigenvalue weighted by atomic mass is 9.76. The fourth-order valence-electron chi connectivity index (χ4n) is 4.96. The second kappa shape index (κ2) is 7.21. The number of rotatable bonds is 6. The summed E-state index contributed by atoms with van der Waals surface area (Å²) < 4.78 is 0. The minimum Gasteiger partial charge on any atom is -0.481 e. The number of fused-ring (bicyclic) bond motifs is 1. The van der Waals surface area contributed by atoms with Gasteiger partial charge in [0.25, 0.3) is 11.8 Å². The van der Waals surface area contributed by atoms with Crippen molar-refractivity contribution in [3.8, 4) is 0 Å². The van der Waals surface area contributed by atoms with E-state index < -0.39 is 23.2 Å². The number of likely N-dealkylation sites (N-methyl/N-ethyl adjacent to an activating group) is 1. The number of hydrogen-bond acceptors (Lipinski definition) is 4. The van der Waals surface area contributed by atoms with Crippen LogP contribution in [0.1, 0.15) is 30.9 Å². The second-order valence-corrected chi connectivity index (χ2v) is 8.27. The van der Waals surface area contributed by atoms with E-state index >= 15 is 0 Å². The van der Waals surface area contributed by atoms with E-state index in [1.54, 1.807) is 4.90 Å². The fourth-order valence-corrected chi connectivity index (χ4v) is 4.96. The Morgan fingerprint density at radius 1 is 1.38 bits per heavy atom. The number of nitrogens with zero attached hydrogens (tertiary/aromatic N) is 1. The summed E-state index contributed by atoms with van der Waals surface area (Å²) in [6.45, 7) is 3.30. The summed E-state index contributed by atoms with van der Waals surface area (Å²) in [4.78, 5) is 39.6. The van der Waals surface area contributed by atoms with Crippen molar-refractivity contribution in [1.82, 2.24) is 10.2 Å². The predicted molar refractivity (Wildman–Crippen MR) is 108 cm³/mol. The van der Waals surface area contributed by atoms with Crippen molar-refractivity contribution in [2.24, 2.45) is 17.3 Å². The van der Waals surface area contributed by atoms with E-state index in [1.165, 1.54) is 13.1 Å². The van der Waals surface area contributed by atoms with Gasteiger partial charge in [0.1, 0.15) is 11.0 Å². The van der Waals surface area contributed by atoms with Gasteiger partial charge in [0, 0.05) is 32.4 Å². The van der Waals surface area contributed by atoms with Gasteiger partial charge in [-0.15, -0.1) is 0 Å². The van der Waals surface area contributed by atoms with Crippen molar-refractivity contribution in [3.05, 3.63) is 41.0 Å². The Morgan fingerprint density at radius 3 is 2.83 bits per heavy atom. The van der Waals surface area contributed by atoms with Crippen LogP contribution in [0.2, 0.25) is 0 Å². The summed E-state index contributed by atoms with van der Waals surface area (Å²) in [6.07, 6.45) is 4.02. The average molecular weight is 397 g/mol. The van der Waals surface area contributed by atoms with Gasteiger partial charge in [-0.2, -0.15) is 0 Å². The first-order chi connectivity index (χ1) is 13.9. The monoisotopic (exact) mass is 397 g/mol. The van der Waals surface area contributed by atoms with E-state index in [4.69, 9.17) is 0 Å². The Kier molecular flexibility index (Phi) is 4.84. The van der Waals surface area contributed by atoms with E-state index in [0.29, 0.717) is 12.5 Å². The van der Waals surface area contributed by atoms with Crippen LogP contribution in [-0.2, 0) is 27.3 Å². The van der Waals surface area contributed by atoms with E-state index in [2.05, 4.69) is 17.6 Å². The minimum absolute atomic E-state index is 0.0524. The third-order valence-corrected chi connectivity index (χ3v) is 6.68. The molecule has 29 heavy (non-hydrogen) atoms. The van der Waals surface area contributed by atoms with Gasteiger partial charge in [0.2, 0.25) is 0 Å². The minimum atomic E-state index is -1.22. The topological polar surface area (TPSA) is 98.7 Å². The first-order valence-electron chi connectivity index (χ1n) is 10.2. The number of carbonyl (C=O) groups excluding carboxylic acids is 2. The molecule has 3 atom stereocenters. The van der Waals surface area contributed by atoms with Crippen LogP contribution in [-0.4, -0.2) is 47.9 Å². The normalized spacial score (nSPS) is 27.7. The van der Waals surface area contributed by atoms with Crippen LogP contribution in [0.15, 0.2) is 29.8 Å². The largest absolute Gasteiger partial charge is 0.481 e. The summed E-state index contributed by atoms with van der Waals surface area (Å²) >= 11 is 0. The predicted octanol–water partition coefficient (Wildman–Crippen LogP) is 1.79. The summed E-state index contributed by atoms with van der Waals surface area (Å²) in [5, 5.41) is 16.0. The van der Waals surface area contributed by atoms with Crippen molar-refractivity contribution in [3.63, 3.8) is 0 Å². The van der Waals surface area contributed by atoms with Gasteiger partial charge in [-0.1, -0.05) is 25.5 Å². The highest BCUT2D eigenvalue weighted by atomic mass is 16.4. The van der Waals surface area contributed by atoms with Crippen LogP contribution in [0, 0.1) is 17.3 Å². The van der Waals surface area contributed by atoms with Crippen LogP contribution in [0.5, 0.6) is 0 Å². The highest BCUT2D eigenvalue weighted by Crippen LogP contribution is 2.55. The van der Waals surface area contributed by atoms with E-state index in [0.717, 1.165) is 42.6 Å². The van der Waals surface area contributed by atoms with Gasteiger partial charge in [-0.25, -0.2) is 0 Å². The molecule has 1 unspecified atom stereocenters. The van der Waals surface area contributed by atoms with Crippen LogP contribution < -0.4 is 10.6 Å². The number of aliphatic carboxylic acids is 1. The van der Waals surface area contributed by atoms with Gasteiger partial charge in [0.05, 0.1) is 0 Å². The molecular formula is C22H27N3O4. The first kappa shape index (κ1) is 19.5. The molecular weight excluding hydrogens is 370 g/mol. The molecule has 1 aromatic carbocycles. The molecule has 1 aliphatic carbocycles. The maximum Gasteiger partial charge on any atom is 0.315 e. The van der Waals surface area contributed by atoms with Crippen LogP contribution in [0.25, 0.3) is 0 Å². The Labute approximate surface area is 170 Å². The Morgan fingerprint density at radius 2 is 2.17 bits per heavy atom. The van der Waals surface area contributed by atoms with Crippen LogP contribution >= 0.6 is 0 Å². The van der Waals surface area contributed by atoms with Gasteiger partial charge in [-0.05, 0) is 47.9 Å². The molecule has 7 nitrogen and oxygen atoms in total. The molecule has 1 aromatic rings. The molecule has 4 rings (SSSR count). The maximum absolute atomic E-state index is 13.1. The molecule has 0 radical (unpaired) electrons. The van der Waals surface area contributed by atoms with Crippen LogP contribution in [0.3, 0.4) is 0 Å². The van der Waals surface area contributed by atoms with Gasteiger partial charge in [-0.3, -0.25) is 14.4 Å². The van der Waals surface area contributed by atoms with Crippen molar-refractivity contribution in [1.29, 1.82) is 0 Å². The molecule has 154 valence electrons. The van der Waals surface area contributed by atoms with E-state index in [1.807, 2.05) is 18.2 Å². The number of amides is 2. The van der Waals surface area contributed by atoms with E-state index in [-0.39, 0.29) is 18.0 Å². The third kappa shape index (κ3) is 3.18. The molecule has 1 fully saturated rings. The molecule has 0 spiro atoms. The van der Waals surface area contributed by atoms with E-state index in [9.17, 15) is 19.5 Å². The lowest BCUT2D eigenvalue weighted by Crippen LogP contribution is -2.52.